The molecular weight excluding hydrogens is 276 g/mol. The molecule has 2 rings (SSSR count). The number of hydrogen-bond acceptors (Lipinski definition) is 5. The lowest BCUT2D eigenvalue weighted by Gasteiger charge is -2.10. The largest absolute Gasteiger partial charge is 0.385 e. The van der Waals surface area contributed by atoms with Crippen molar-refractivity contribution >= 4 is 11.8 Å². The van der Waals surface area contributed by atoms with Gasteiger partial charge in [0.15, 0.2) is 0 Å². The Morgan fingerprint density at radius 1 is 1.05 bits per heavy atom. The van der Waals surface area contributed by atoms with Crippen LogP contribution in [0.15, 0.2) is 30.3 Å². The molecule has 0 saturated carbocycles. The highest BCUT2D eigenvalue weighted by Gasteiger charge is 2.02. The van der Waals surface area contributed by atoms with Crippen LogP contribution in [-0.4, -0.2) is 30.2 Å². The van der Waals surface area contributed by atoms with Crippen molar-refractivity contribution in [2.75, 3.05) is 30.9 Å². The molecule has 1 heterocycles. The number of benzene rings is 1. The van der Waals surface area contributed by atoms with Crippen molar-refractivity contribution in [3.8, 4) is 0 Å². The normalized spacial score (nSPS) is 10.5. The summed E-state index contributed by atoms with van der Waals surface area (Å²) in [4.78, 5) is 8.91. The van der Waals surface area contributed by atoms with Gasteiger partial charge < -0.3 is 15.4 Å². The number of nitrogens with zero attached hydrogens (tertiary/aromatic N) is 2. The van der Waals surface area contributed by atoms with Crippen molar-refractivity contribution in [2.45, 2.75) is 26.8 Å². The lowest BCUT2D eigenvalue weighted by Crippen LogP contribution is -2.10. The monoisotopic (exact) mass is 300 g/mol. The van der Waals surface area contributed by atoms with Crippen molar-refractivity contribution in [2.24, 2.45) is 0 Å². The van der Waals surface area contributed by atoms with E-state index >= 15 is 0 Å². The Labute approximate surface area is 132 Å². The Morgan fingerprint density at radius 2 is 1.82 bits per heavy atom. The van der Waals surface area contributed by atoms with E-state index in [1.54, 1.807) is 7.11 Å². The second kappa shape index (κ2) is 8.34. The Balaban J connectivity index is 1.92. The summed E-state index contributed by atoms with van der Waals surface area (Å²) in [6.07, 6.45) is 0.950. The molecule has 0 aliphatic carbocycles. The molecule has 2 aromatic rings. The number of aryl methyl sites for hydroxylation is 2. The van der Waals surface area contributed by atoms with E-state index in [-0.39, 0.29) is 0 Å². The van der Waals surface area contributed by atoms with Crippen LogP contribution in [0.5, 0.6) is 0 Å². The third-order valence-corrected chi connectivity index (χ3v) is 3.26. The highest BCUT2D eigenvalue weighted by molar-refractivity contribution is 5.42. The second-order valence-electron chi connectivity index (χ2n) is 5.33. The van der Waals surface area contributed by atoms with Crippen LogP contribution in [0.4, 0.5) is 11.8 Å². The minimum absolute atomic E-state index is 0.648. The van der Waals surface area contributed by atoms with Crippen molar-refractivity contribution in [1.29, 1.82) is 0 Å². The zero-order chi connectivity index (χ0) is 15.8. The van der Waals surface area contributed by atoms with Crippen LogP contribution in [0.25, 0.3) is 0 Å². The number of aromatic nitrogens is 2. The molecule has 0 atom stereocenters. The van der Waals surface area contributed by atoms with Gasteiger partial charge in [0.1, 0.15) is 5.82 Å². The van der Waals surface area contributed by atoms with Gasteiger partial charge in [-0.1, -0.05) is 29.8 Å². The average molecular weight is 300 g/mol. The minimum atomic E-state index is 0.648. The first-order valence-electron chi connectivity index (χ1n) is 7.55. The van der Waals surface area contributed by atoms with Crippen molar-refractivity contribution in [3.63, 3.8) is 0 Å². The molecule has 118 valence electrons. The number of hydrogen-bond donors (Lipinski definition) is 2. The smallest absolute Gasteiger partial charge is 0.225 e. The first-order valence-corrected chi connectivity index (χ1v) is 7.55. The van der Waals surface area contributed by atoms with Gasteiger partial charge in [-0.2, -0.15) is 4.98 Å². The van der Waals surface area contributed by atoms with Gasteiger partial charge >= 0.3 is 0 Å². The van der Waals surface area contributed by atoms with E-state index in [2.05, 4.69) is 51.8 Å². The molecule has 22 heavy (non-hydrogen) atoms. The molecule has 0 saturated heterocycles. The number of methoxy groups -OCH3 is 1. The number of nitrogens with one attached hydrogen (secondary N) is 2. The van der Waals surface area contributed by atoms with E-state index in [0.717, 1.165) is 31.1 Å². The fourth-order valence-corrected chi connectivity index (χ4v) is 2.06. The molecule has 0 fully saturated rings. The number of anilines is 2. The fraction of sp³-hybridized carbons (Fsp3) is 0.412. The summed E-state index contributed by atoms with van der Waals surface area (Å²) in [6, 6.07) is 10.4. The fourth-order valence-electron chi connectivity index (χ4n) is 2.06. The van der Waals surface area contributed by atoms with Crippen molar-refractivity contribution < 1.29 is 4.74 Å². The van der Waals surface area contributed by atoms with Gasteiger partial charge in [0.05, 0.1) is 0 Å². The topological polar surface area (TPSA) is 59.1 Å². The summed E-state index contributed by atoms with van der Waals surface area (Å²) >= 11 is 0. The maximum atomic E-state index is 5.04. The molecule has 0 radical (unpaired) electrons. The van der Waals surface area contributed by atoms with E-state index in [0.29, 0.717) is 12.5 Å². The molecule has 0 aliphatic heterocycles. The summed E-state index contributed by atoms with van der Waals surface area (Å²) in [7, 11) is 1.71. The van der Waals surface area contributed by atoms with E-state index < -0.39 is 0 Å². The number of rotatable bonds is 8. The first kappa shape index (κ1) is 16.2. The second-order valence-corrected chi connectivity index (χ2v) is 5.33. The quantitative estimate of drug-likeness (QED) is 0.733. The van der Waals surface area contributed by atoms with Crippen LogP contribution in [0, 0.1) is 13.8 Å². The summed E-state index contributed by atoms with van der Waals surface area (Å²) < 4.78 is 5.04. The van der Waals surface area contributed by atoms with Gasteiger partial charge in [0, 0.05) is 38.6 Å². The molecule has 0 aliphatic rings. The maximum Gasteiger partial charge on any atom is 0.225 e. The zero-order valence-electron chi connectivity index (χ0n) is 13.5. The molecule has 2 N–H and O–H groups in total. The molecule has 0 unspecified atom stereocenters. The van der Waals surface area contributed by atoms with Crippen molar-refractivity contribution in [1.82, 2.24) is 9.97 Å². The number of ether oxygens (including phenoxy) is 1. The highest BCUT2D eigenvalue weighted by atomic mass is 16.5. The van der Waals surface area contributed by atoms with Gasteiger partial charge in [-0.15, -0.1) is 0 Å². The average Bonchev–Trinajstić information content (AvgIpc) is 2.51. The molecule has 0 spiro atoms. The minimum Gasteiger partial charge on any atom is -0.385 e. The summed E-state index contributed by atoms with van der Waals surface area (Å²) in [6.45, 7) is 6.35. The van der Waals surface area contributed by atoms with Gasteiger partial charge in [-0.3, -0.25) is 0 Å². The van der Waals surface area contributed by atoms with Gasteiger partial charge in [-0.25, -0.2) is 4.98 Å². The molecule has 5 heteroatoms. The van der Waals surface area contributed by atoms with Crippen LogP contribution < -0.4 is 10.6 Å². The highest BCUT2D eigenvalue weighted by Crippen LogP contribution is 2.11. The summed E-state index contributed by atoms with van der Waals surface area (Å²) in [5.74, 6) is 1.49. The third kappa shape index (κ3) is 5.33. The maximum absolute atomic E-state index is 5.04. The third-order valence-electron chi connectivity index (χ3n) is 3.26. The lowest BCUT2D eigenvalue weighted by atomic mass is 10.1. The summed E-state index contributed by atoms with van der Waals surface area (Å²) in [5, 5.41) is 6.57. The van der Waals surface area contributed by atoms with E-state index in [9.17, 15) is 0 Å². The Morgan fingerprint density at radius 3 is 2.55 bits per heavy atom. The molecular formula is C17H24N4O. The standard InChI is InChI=1S/C17H24N4O/c1-13-5-7-15(8-6-13)12-19-17-20-14(2)11-16(21-17)18-9-4-10-22-3/h5-8,11H,4,9-10,12H2,1-3H3,(H2,18,19,20,21). The van der Waals surface area contributed by atoms with Crippen LogP contribution in [0.2, 0.25) is 0 Å². The Bertz CT molecular complexity index is 584. The predicted molar refractivity (Wildman–Crippen MR) is 90.3 cm³/mol. The van der Waals surface area contributed by atoms with Gasteiger partial charge in [0.2, 0.25) is 5.95 Å². The first-order chi connectivity index (χ1) is 10.7. The van der Waals surface area contributed by atoms with E-state index in [1.165, 1.54) is 11.1 Å². The van der Waals surface area contributed by atoms with Crippen LogP contribution in [0.1, 0.15) is 23.2 Å². The van der Waals surface area contributed by atoms with E-state index in [4.69, 9.17) is 4.74 Å². The molecule has 1 aromatic heterocycles. The van der Waals surface area contributed by atoms with Crippen molar-refractivity contribution in [3.05, 3.63) is 47.2 Å². The van der Waals surface area contributed by atoms with Crippen LogP contribution in [0.3, 0.4) is 0 Å². The van der Waals surface area contributed by atoms with Gasteiger partial charge in [0.25, 0.3) is 0 Å². The predicted octanol–water partition coefficient (Wildman–Crippen LogP) is 3.15. The lowest BCUT2D eigenvalue weighted by molar-refractivity contribution is 0.198. The van der Waals surface area contributed by atoms with E-state index in [1.807, 2.05) is 13.0 Å². The van der Waals surface area contributed by atoms with Gasteiger partial charge in [-0.05, 0) is 25.8 Å². The van der Waals surface area contributed by atoms with Crippen LogP contribution in [-0.2, 0) is 11.3 Å². The summed E-state index contributed by atoms with van der Waals surface area (Å²) in [5.41, 5.74) is 3.42. The van der Waals surface area contributed by atoms with Crippen LogP contribution >= 0.6 is 0 Å². The SMILES string of the molecule is COCCCNc1cc(C)nc(NCc2ccc(C)cc2)n1. The Hall–Kier alpha value is -2.14. The molecule has 0 amide bonds. The molecule has 1 aromatic carbocycles. The Kier molecular flexibility index (Phi) is 6.15. The molecule has 5 nitrogen and oxygen atoms in total. The molecule has 0 bridgehead atoms. The zero-order valence-corrected chi connectivity index (χ0v) is 13.5.